The zero-order chi connectivity index (χ0) is 19.5. The van der Waals surface area contributed by atoms with Gasteiger partial charge in [0.25, 0.3) is 5.91 Å². The topological polar surface area (TPSA) is 110 Å². The van der Waals surface area contributed by atoms with Gasteiger partial charge < -0.3 is 11.1 Å². The number of rotatable bonds is 6. The Balaban J connectivity index is 2.28. The normalized spacial score (nSPS) is 11.0. The van der Waals surface area contributed by atoms with Crippen molar-refractivity contribution < 1.29 is 26.8 Å². The summed E-state index contributed by atoms with van der Waals surface area (Å²) in [7, 11) is -3.97. The second-order valence-electron chi connectivity index (χ2n) is 5.33. The first-order valence-corrected chi connectivity index (χ1v) is 9.06. The number of primary amides is 1. The Morgan fingerprint density at radius 2 is 1.77 bits per heavy atom. The third-order valence-corrected chi connectivity index (χ3v) is 4.49. The van der Waals surface area contributed by atoms with E-state index < -0.39 is 40.0 Å². The molecule has 2 aromatic carbocycles. The van der Waals surface area contributed by atoms with Gasteiger partial charge in [0.05, 0.1) is 23.2 Å². The van der Waals surface area contributed by atoms with Gasteiger partial charge in [0.2, 0.25) is 15.9 Å². The van der Waals surface area contributed by atoms with Crippen molar-refractivity contribution in [3.63, 3.8) is 0 Å². The number of nitrogens with one attached hydrogen (secondary N) is 1. The molecule has 2 rings (SSSR count). The van der Waals surface area contributed by atoms with Crippen LogP contribution in [0.5, 0.6) is 0 Å². The first-order chi connectivity index (χ1) is 12.1. The van der Waals surface area contributed by atoms with Crippen molar-refractivity contribution in [1.82, 2.24) is 0 Å². The smallest absolute Gasteiger partial charge is 0.250 e. The van der Waals surface area contributed by atoms with Gasteiger partial charge in [-0.25, -0.2) is 17.2 Å². The van der Waals surface area contributed by atoms with Gasteiger partial charge in [0.15, 0.2) is 11.6 Å². The highest BCUT2D eigenvalue weighted by Crippen LogP contribution is 2.21. The summed E-state index contributed by atoms with van der Waals surface area (Å²) in [6.45, 7) is -0.711. The maximum atomic E-state index is 13.4. The van der Waals surface area contributed by atoms with Crippen molar-refractivity contribution in [1.29, 1.82) is 0 Å². The van der Waals surface area contributed by atoms with Crippen LogP contribution in [0.1, 0.15) is 10.4 Å². The van der Waals surface area contributed by atoms with Crippen molar-refractivity contribution >= 4 is 33.2 Å². The van der Waals surface area contributed by atoms with Crippen LogP contribution in [0.25, 0.3) is 0 Å². The van der Waals surface area contributed by atoms with Crippen LogP contribution in [0.2, 0.25) is 0 Å². The number of anilines is 2. The Labute approximate surface area is 148 Å². The zero-order valence-electron chi connectivity index (χ0n) is 13.6. The van der Waals surface area contributed by atoms with Crippen LogP contribution >= 0.6 is 0 Å². The van der Waals surface area contributed by atoms with Gasteiger partial charge >= 0.3 is 0 Å². The van der Waals surface area contributed by atoms with E-state index in [1.807, 2.05) is 0 Å². The first-order valence-electron chi connectivity index (χ1n) is 7.21. The summed E-state index contributed by atoms with van der Waals surface area (Å²) >= 11 is 0. The predicted molar refractivity (Wildman–Crippen MR) is 92.1 cm³/mol. The molecule has 0 bridgehead atoms. The van der Waals surface area contributed by atoms with E-state index >= 15 is 0 Å². The maximum absolute atomic E-state index is 13.4. The highest BCUT2D eigenvalue weighted by Gasteiger charge is 2.22. The molecule has 10 heteroatoms. The molecule has 26 heavy (non-hydrogen) atoms. The largest absolute Gasteiger partial charge is 0.366 e. The summed E-state index contributed by atoms with van der Waals surface area (Å²) in [6.07, 6.45) is 0.818. The minimum absolute atomic E-state index is 0.0413. The Kier molecular flexibility index (Phi) is 5.56. The molecule has 0 aliphatic heterocycles. The molecule has 0 spiro atoms. The molecule has 0 atom stereocenters. The van der Waals surface area contributed by atoms with E-state index in [-0.39, 0.29) is 16.9 Å². The second-order valence-corrected chi connectivity index (χ2v) is 7.23. The summed E-state index contributed by atoms with van der Waals surface area (Å²) in [4.78, 5) is 23.6. The summed E-state index contributed by atoms with van der Waals surface area (Å²) in [5.74, 6) is -3.98. The lowest BCUT2D eigenvalue weighted by Gasteiger charge is -2.22. The predicted octanol–water partition coefficient (Wildman–Crippen LogP) is 1.47. The average molecular weight is 383 g/mol. The third kappa shape index (κ3) is 4.54. The van der Waals surface area contributed by atoms with Gasteiger partial charge in [-0.05, 0) is 24.3 Å². The lowest BCUT2D eigenvalue weighted by molar-refractivity contribution is -0.114. The van der Waals surface area contributed by atoms with E-state index in [0.717, 1.165) is 18.4 Å². The molecule has 2 amide bonds. The number of para-hydroxylation sites is 1. The monoisotopic (exact) mass is 383 g/mol. The lowest BCUT2D eigenvalue weighted by Crippen LogP contribution is -2.37. The Hall–Kier alpha value is -3.01. The number of carbonyl (C=O) groups excluding carboxylic acids is 2. The van der Waals surface area contributed by atoms with Crippen LogP contribution in [-0.4, -0.2) is 33.0 Å². The fourth-order valence-corrected chi connectivity index (χ4v) is 3.02. The van der Waals surface area contributed by atoms with Crippen LogP contribution in [-0.2, 0) is 14.8 Å². The Morgan fingerprint density at radius 1 is 1.12 bits per heavy atom. The molecular formula is C16H15F2N3O4S. The molecular weight excluding hydrogens is 368 g/mol. The van der Waals surface area contributed by atoms with Gasteiger partial charge in [0, 0.05) is 6.07 Å². The highest BCUT2D eigenvalue weighted by atomic mass is 32.2. The van der Waals surface area contributed by atoms with Crippen molar-refractivity contribution in [2.24, 2.45) is 5.73 Å². The van der Waals surface area contributed by atoms with E-state index in [9.17, 15) is 26.8 Å². The number of nitrogens with two attached hydrogens (primary N) is 1. The molecule has 138 valence electrons. The van der Waals surface area contributed by atoms with Gasteiger partial charge in [-0.3, -0.25) is 13.9 Å². The zero-order valence-corrected chi connectivity index (χ0v) is 14.4. The van der Waals surface area contributed by atoms with Gasteiger partial charge in [-0.1, -0.05) is 12.1 Å². The number of hydrogen-bond donors (Lipinski definition) is 2. The number of carbonyl (C=O) groups is 2. The lowest BCUT2D eigenvalue weighted by atomic mass is 10.1. The SMILES string of the molecule is CS(=O)(=O)N(CC(=O)Nc1ccccc1C(N)=O)c1ccc(F)c(F)c1. The first kappa shape index (κ1) is 19.3. The summed E-state index contributed by atoms with van der Waals surface area (Å²) in [5.41, 5.74) is 5.13. The standard InChI is InChI=1S/C16H15F2N3O4S/c1-26(24,25)21(10-6-7-12(17)13(18)8-10)9-15(22)20-14-5-3-2-4-11(14)16(19)23/h2-8H,9H2,1H3,(H2,19,23)(H,20,22). The molecule has 2 aromatic rings. The molecule has 0 aliphatic carbocycles. The Bertz CT molecular complexity index is 964. The molecule has 0 heterocycles. The molecule has 0 fully saturated rings. The number of benzene rings is 2. The molecule has 0 aliphatic rings. The molecule has 0 saturated carbocycles. The highest BCUT2D eigenvalue weighted by molar-refractivity contribution is 7.92. The number of halogens is 2. The summed E-state index contributed by atoms with van der Waals surface area (Å²) in [6, 6.07) is 8.35. The third-order valence-electron chi connectivity index (χ3n) is 3.35. The van der Waals surface area contributed by atoms with Crippen LogP contribution in [0.4, 0.5) is 20.2 Å². The molecule has 0 unspecified atom stereocenters. The van der Waals surface area contributed by atoms with Crippen LogP contribution < -0.4 is 15.4 Å². The number of nitrogens with zero attached hydrogens (tertiary/aromatic N) is 1. The second kappa shape index (κ2) is 7.48. The molecule has 0 radical (unpaired) electrons. The van der Waals surface area contributed by atoms with Crippen molar-refractivity contribution in [3.8, 4) is 0 Å². The van der Waals surface area contributed by atoms with Crippen molar-refractivity contribution in [2.75, 3.05) is 22.4 Å². The van der Waals surface area contributed by atoms with E-state index in [1.54, 1.807) is 12.1 Å². The van der Waals surface area contributed by atoms with Gasteiger partial charge in [-0.15, -0.1) is 0 Å². The molecule has 0 aromatic heterocycles. The minimum atomic E-state index is -3.97. The van der Waals surface area contributed by atoms with E-state index in [1.165, 1.54) is 12.1 Å². The molecule has 3 N–H and O–H groups in total. The van der Waals surface area contributed by atoms with Gasteiger partial charge in [-0.2, -0.15) is 0 Å². The van der Waals surface area contributed by atoms with Crippen LogP contribution in [0, 0.1) is 11.6 Å². The molecule has 7 nitrogen and oxygen atoms in total. The number of amides is 2. The fraction of sp³-hybridized carbons (Fsp3) is 0.125. The van der Waals surface area contributed by atoms with E-state index in [2.05, 4.69) is 5.32 Å². The van der Waals surface area contributed by atoms with E-state index in [0.29, 0.717) is 10.4 Å². The average Bonchev–Trinajstić information content (AvgIpc) is 2.54. The van der Waals surface area contributed by atoms with E-state index in [4.69, 9.17) is 5.73 Å². The number of sulfonamides is 1. The fourth-order valence-electron chi connectivity index (χ4n) is 2.17. The van der Waals surface area contributed by atoms with Gasteiger partial charge in [0.1, 0.15) is 6.54 Å². The molecule has 0 saturated heterocycles. The van der Waals surface area contributed by atoms with Crippen molar-refractivity contribution in [2.45, 2.75) is 0 Å². The van der Waals surface area contributed by atoms with Crippen LogP contribution in [0.15, 0.2) is 42.5 Å². The number of hydrogen-bond acceptors (Lipinski definition) is 4. The summed E-state index contributed by atoms with van der Waals surface area (Å²) < 4.78 is 51.0. The minimum Gasteiger partial charge on any atom is -0.366 e. The van der Waals surface area contributed by atoms with Crippen LogP contribution in [0.3, 0.4) is 0 Å². The maximum Gasteiger partial charge on any atom is 0.250 e. The quantitative estimate of drug-likeness (QED) is 0.787. The summed E-state index contributed by atoms with van der Waals surface area (Å²) in [5, 5.41) is 2.38. The van der Waals surface area contributed by atoms with Crippen molar-refractivity contribution in [3.05, 3.63) is 59.7 Å². The Morgan fingerprint density at radius 3 is 2.35 bits per heavy atom.